The average molecular weight is 319 g/mol. The average Bonchev–Trinajstić information content (AvgIpc) is 3.05. The van der Waals surface area contributed by atoms with Gasteiger partial charge in [-0.05, 0) is 35.6 Å². The maximum absolute atomic E-state index is 12.1. The summed E-state index contributed by atoms with van der Waals surface area (Å²) in [4.78, 5) is 15.0. The molecular weight excluding hydrogens is 298 g/mol. The summed E-state index contributed by atoms with van der Waals surface area (Å²) in [5, 5.41) is 1.99. The minimum atomic E-state index is 0.142. The van der Waals surface area contributed by atoms with Crippen LogP contribution in [0.5, 0.6) is 11.5 Å². The molecule has 0 unspecified atom stereocenters. The fourth-order valence-corrected chi connectivity index (χ4v) is 2.85. The Balaban J connectivity index is 1.90. The van der Waals surface area contributed by atoms with E-state index in [-0.39, 0.29) is 5.91 Å². The molecule has 1 aromatic heterocycles. The molecule has 0 radical (unpaired) electrons. The van der Waals surface area contributed by atoms with Gasteiger partial charge in [0.2, 0.25) is 5.91 Å². The van der Waals surface area contributed by atoms with E-state index in [1.165, 1.54) is 0 Å². The van der Waals surface area contributed by atoms with Gasteiger partial charge in [-0.15, -0.1) is 11.3 Å². The van der Waals surface area contributed by atoms with E-state index in [4.69, 9.17) is 9.47 Å². The zero-order valence-electron chi connectivity index (χ0n) is 13.2. The predicted octanol–water partition coefficient (Wildman–Crippen LogP) is 3.01. The van der Waals surface area contributed by atoms with Crippen molar-refractivity contribution in [2.45, 2.75) is 12.8 Å². The summed E-state index contributed by atoms with van der Waals surface area (Å²) in [7, 11) is 5.09. The van der Waals surface area contributed by atoms with Gasteiger partial charge in [-0.2, -0.15) is 0 Å². The summed E-state index contributed by atoms with van der Waals surface area (Å²) in [6.07, 6.45) is 1.26. The van der Waals surface area contributed by atoms with Crippen molar-refractivity contribution in [2.75, 3.05) is 27.8 Å². The van der Waals surface area contributed by atoms with E-state index in [9.17, 15) is 4.79 Å². The van der Waals surface area contributed by atoms with Gasteiger partial charge in [0.1, 0.15) is 0 Å². The summed E-state index contributed by atoms with van der Waals surface area (Å²) < 4.78 is 10.5. The number of thiophene rings is 1. The summed E-state index contributed by atoms with van der Waals surface area (Å²) >= 11 is 1.61. The Bertz CT molecular complexity index is 610. The van der Waals surface area contributed by atoms with Crippen molar-refractivity contribution in [3.8, 4) is 11.5 Å². The quantitative estimate of drug-likeness (QED) is 0.787. The number of hydrogen-bond acceptors (Lipinski definition) is 4. The van der Waals surface area contributed by atoms with Crippen LogP contribution in [-0.2, 0) is 17.6 Å². The van der Waals surface area contributed by atoms with Gasteiger partial charge < -0.3 is 14.4 Å². The molecule has 0 aliphatic carbocycles. The lowest BCUT2D eigenvalue weighted by molar-refractivity contribution is -0.129. The third kappa shape index (κ3) is 4.24. The number of nitrogens with zero attached hydrogens (tertiary/aromatic N) is 1. The maximum Gasteiger partial charge on any atom is 0.227 e. The van der Waals surface area contributed by atoms with Crippen LogP contribution in [0.3, 0.4) is 0 Å². The molecule has 0 saturated carbocycles. The number of rotatable bonds is 7. The highest BCUT2D eigenvalue weighted by Crippen LogP contribution is 2.27. The van der Waals surface area contributed by atoms with Crippen LogP contribution in [0.15, 0.2) is 35.7 Å². The summed E-state index contributed by atoms with van der Waals surface area (Å²) in [6.45, 7) is 0.680. The minimum Gasteiger partial charge on any atom is -0.493 e. The molecule has 0 aliphatic heterocycles. The van der Waals surface area contributed by atoms with Crippen LogP contribution < -0.4 is 9.47 Å². The van der Waals surface area contributed by atoms with Gasteiger partial charge in [0.25, 0.3) is 0 Å². The second-order valence-electron chi connectivity index (χ2n) is 5.01. The van der Waals surface area contributed by atoms with E-state index in [0.29, 0.717) is 24.5 Å². The molecule has 22 heavy (non-hydrogen) atoms. The summed E-state index contributed by atoms with van der Waals surface area (Å²) in [6, 6.07) is 9.80. The molecule has 0 fully saturated rings. The molecule has 2 aromatic rings. The zero-order chi connectivity index (χ0) is 15.9. The first kappa shape index (κ1) is 16.4. The molecule has 0 atom stereocenters. The SMILES string of the molecule is COc1ccc(CCN(C)C(=O)Cc2cccs2)cc1OC. The van der Waals surface area contributed by atoms with E-state index in [2.05, 4.69) is 0 Å². The fraction of sp³-hybridized carbons (Fsp3) is 0.353. The van der Waals surface area contributed by atoms with Crippen LogP contribution in [-0.4, -0.2) is 38.6 Å². The molecule has 1 aromatic carbocycles. The van der Waals surface area contributed by atoms with E-state index < -0.39 is 0 Å². The monoisotopic (exact) mass is 319 g/mol. The Morgan fingerprint density at radius 2 is 1.95 bits per heavy atom. The van der Waals surface area contributed by atoms with Gasteiger partial charge >= 0.3 is 0 Å². The smallest absolute Gasteiger partial charge is 0.227 e. The molecule has 5 heteroatoms. The van der Waals surface area contributed by atoms with Gasteiger partial charge in [-0.25, -0.2) is 0 Å². The van der Waals surface area contributed by atoms with Crippen molar-refractivity contribution in [2.24, 2.45) is 0 Å². The first-order valence-corrected chi connectivity index (χ1v) is 7.99. The third-order valence-electron chi connectivity index (χ3n) is 3.52. The molecule has 1 heterocycles. The molecule has 0 aliphatic rings. The lowest BCUT2D eigenvalue weighted by Crippen LogP contribution is -2.29. The zero-order valence-corrected chi connectivity index (χ0v) is 14.0. The van der Waals surface area contributed by atoms with Crippen molar-refractivity contribution in [3.05, 3.63) is 46.2 Å². The Hall–Kier alpha value is -2.01. The number of methoxy groups -OCH3 is 2. The van der Waals surface area contributed by atoms with Crippen LogP contribution in [0, 0.1) is 0 Å². The molecule has 0 spiro atoms. The number of likely N-dealkylation sites (N-methyl/N-ethyl adjacent to an activating group) is 1. The first-order valence-electron chi connectivity index (χ1n) is 7.11. The number of benzene rings is 1. The van der Waals surface area contributed by atoms with Crippen LogP contribution in [0.2, 0.25) is 0 Å². The second kappa shape index (κ2) is 7.84. The molecule has 0 N–H and O–H groups in total. The van der Waals surface area contributed by atoms with Crippen molar-refractivity contribution in [3.63, 3.8) is 0 Å². The first-order chi connectivity index (χ1) is 10.6. The van der Waals surface area contributed by atoms with Crippen LogP contribution in [0.1, 0.15) is 10.4 Å². The largest absolute Gasteiger partial charge is 0.493 e. The van der Waals surface area contributed by atoms with Crippen molar-refractivity contribution >= 4 is 17.2 Å². The lowest BCUT2D eigenvalue weighted by Gasteiger charge is -2.17. The molecule has 0 saturated heterocycles. The van der Waals surface area contributed by atoms with E-state index in [1.54, 1.807) is 30.5 Å². The maximum atomic E-state index is 12.1. The number of hydrogen-bond donors (Lipinski definition) is 0. The number of carbonyl (C=O) groups is 1. The van der Waals surface area contributed by atoms with Crippen LogP contribution >= 0.6 is 11.3 Å². The van der Waals surface area contributed by atoms with E-state index in [0.717, 1.165) is 16.9 Å². The Labute approximate surface area is 135 Å². The van der Waals surface area contributed by atoms with Crippen LogP contribution in [0.25, 0.3) is 0 Å². The van der Waals surface area contributed by atoms with E-state index in [1.807, 2.05) is 42.8 Å². The number of ether oxygens (including phenoxy) is 2. The van der Waals surface area contributed by atoms with Crippen molar-refractivity contribution in [1.29, 1.82) is 0 Å². The van der Waals surface area contributed by atoms with Gasteiger partial charge in [0.15, 0.2) is 11.5 Å². The highest BCUT2D eigenvalue weighted by Gasteiger charge is 2.11. The van der Waals surface area contributed by atoms with Gasteiger partial charge in [0, 0.05) is 18.5 Å². The molecule has 4 nitrogen and oxygen atoms in total. The number of carbonyl (C=O) groups excluding carboxylic acids is 1. The third-order valence-corrected chi connectivity index (χ3v) is 4.39. The van der Waals surface area contributed by atoms with Gasteiger partial charge in [-0.1, -0.05) is 12.1 Å². The highest BCUT2D eigenvalue weighted by molar-refractivity contribution is 7.10. The van der Waals surface area contributed by atoms with E-state index >= 15 is 0 Å². The van der Waals surface area contributed by atoms with Crippen LogP contribution in [0.4, 0.5) is 0 Å². The second-order valence-corrected chi connectivity index (χ2v) is 6.04. The molecule has 2 rings (SSSR count). The Kier molecular flexibility index (Phi) is 5.83. The van der Waals surface area contributed by atoms with Gasteiger partial charge in [0.05, 0.1) is 20.6 Å². The minimum absolute atomic E-state index is 0.142. The Morgan fingerprint density at radius 3 is 2.59 bits per heavy atom. The van der Waals surface area contributed by atoms with Crippen molar-refractivity contribution in [1.82, 2.24) is 4.90 Å². The predicted molar refractivity (Wildman–Crippen MR) is 88.9 cm³/mol. The lowest BCUT2D eigenvalue weighted by atomic mass is 10.1. The van der Waals surface area contributed by atoms with Crippen molar-refractivity contribution < 1.29 is 14.3 Å². The fourth-order valence-electron chi connectivity index (χ4n) is 2.15. The molecular formula is C17H21NO3S. The van der Waals surface area contributed by atoms with Gasteiger partial charge in [-0.3, -0.25) is 4.79 Å². The molecule has 0 bridgehead atoms. The highest BCUT2D eigenvalue weighted by atomic mass is 32.1. The Morgan fingerprint density at radius 1 is 1.18 bits per heavy atom. The summed E-state index contributed by atoms with van der Waals surface area (Å²) in [5.74, 6) is 1.57. The topological polar surface area (TPSA) is 38.8 Å². The molecule has 118 valence electrons. The summed E-state index contributed by atoms with van der Waals surface area (Å²) in [5.41, 5.74) is 1.12. The normalized spacial score (nSPS) is 10.3. The standard InChI is InChI=1S/C17H21NO3S/c1-18(17(19)12-14-5-4-10-22-14)9-8-13-6-7-15(20-2)16(11-13)21-3/h4-7,10-11H,8-9,12H2,1-3H3. The number of amides is 1. The molecule has 1 amide bonds.